The van der Waals surface area contributed by atoms with Gasteiger partial charge in [-0.1, -0.05) is 121 Å². The summed E-state index contributed by atoms with van der Waals surface area (Å²) in [7, 11) is 0. The highest BCUT2D eigenvalue weighted by Crippen LogP contribution is 2.42. The van der Waals surface area contributed by atoms with Crippen LogP contribution in [0.2, 0.25) is 0 Å². The van der Waals surface area contributed by atoms with Crippen LogP contribution in [0.3, 0.4) is 0 Å². The van der Waals surface area contributed by atoms with Crippen molar-refractivity contribution in [3.05, 3.63) is 176 Å². The summed E-state index contributed by atoms with van der Waals surface area (Å²) in [6, 6.07) is 61.6. The average molecular weight is 772 g/mol. The molecule has 0 spiro atoms. The standard InChI is InChI=1S/C53H29N3O2S/c1-4-17-43-37(11-1)42-28-30-22-23-32(27-34(30)29-46(42)58-43)51-54-52(56-53(55-51)41-16-9-21-48-50(41)40-13-3-6-20-47(40)59-48)33-24-25-35-31(26-33)10-7-14-36(35)38-15-8-19-45-49(38)39-12-2-5-18-44(39)57-45/h1-29H. The van der Waals surface area contributed by atoms with E-state index in [-0.39, 0.29) is 0 Å². The highest BCUT2D eigenvalue weighted by Gasteiger charge is 2.19. The van der Waals surface area contributed by atoms with Crippen LogP contribution in [0, 0.1) is 0 Å². The number of hydrogen-bond donors (Lipinski definition) is 0. The number of benzene rings is 9. The molecule has 0 bridgehead atoms. The van der Waals surface area contributed by atoms with Gasteiger partial charge in [0, 0.05) is 58.4 Å². The van der Waals surface area contributed by atoms with Gasteiger partial charge in [0.05, 0.1) is 0 Å². The fraction of sp³-hybridized carbons (Fsp3) is 0. The van der Waals surface area contributed by atoms with E-state index >= 15 is 0 Å². The SMILES string of the molecule is c1cc(-c2cccc3oc4ccccc4c23)c2ccc(-c3nc(-c4ccc5cc6c(cc5c4)oc4ccccc46)nc(-c4cccc5sc6ccccc6c45)n3)cc2c1. The van der Waals surface area contributed by atoms with E-state index in [0.717, 1.165) is 98.6 Å². The third-order valence-electron chi connectivity index (χ3n) is 11.7. The maximum absolute atomic E-state index is 6.29. The minimum Gasteiger partial charge on any atom is -0.456 e. The molecular formula is C53H29N3O2S. The summed E-state index contributed by atoms with van der Waals surface area (Å²) in [6.45, 7) is 0. The predicted octanol–water partition coefficient (Wildman–Crippen LogP) is 15.0. The average Bonchev–Trinajstić information content (AvgIpc) is 3.98. The van der Waals surface area contributed by atoms with Gasteiger partial charge in [0.1, 0.15) is 22.3 Å². The fourth-order valence-electron chi connectivity index (χ4n) is 8.98. The number of furan rings is 2. The quantitative estimate of drug-likeness (QED) is 0.178. The fourth-order valence-corrected chi connectivity index (χ4v) is 10.1. The Labute approximate surface area is 340 Å². The smallest absolute Gasteiger partial charge is 0.164 e. The topological polar surface area (TPSA) is 65.0 Å². The Bertz CT molecular complexity index is 3870. The highest BCUT2D eigenvalue weighted by molar-refractivity contribution is 7.25. The summed E-state index contributed by atoms with van der Waals surface area (Å²) in [5.41, 5.74) is 8.61. The van der Waals surface area contributed by atoms with E-state index in [1.807, 2.05) is 30.3 Å². The van der Waals surface area contributed by atoms with E-state index in [1.165, 1.54) is 14.8 Å². The molecule has 4 heterocycles. The van der Waals surface area contributed by atoms with E-state index in [0.29, 0.717) is 17.5 Å². The molecule has 0 amide bonds. The van der Waals surface area contributed by atoms with Gasteiger partial charge >= 0.3 is 0 Å². The lowest BCUT2D eigenvalue weighted by molar-refractivity contribution is 0.669. The monoisotopic (exact) mass is 771 g/mol. The van der Waals surface area contributed by atoms with E-state index in [2.05, 4.69) is 146 Å². The normalized spacial score (nSPS) is 12.1. The first kappa shape index (κ1) is 32.4. The van der Waals surface area contributed by atoms with Crippen molar-refractivity contribution in [2.45, 2.75) is 0 Å². The van der Waals surface area contributed by atoms with Gasteiger partial charge in [-0.05, 0) is 87.3 Å². The van der Waals surface area contributed by atoms with Gasteiger partial charge in [0.25, 0.3) is 0 Å². The molecule has 13 aromatic rings. The molecule has 0 N–H and O–H groups in total. The molecular weight excluding hydrogens is 743 g/mol. The second kappa shape index (κ2) is 12.4. The number of para-hydroxylation sites is 2. The summed E-state index contributed by atoms with van der Waals surface area (Å²) in [5, 5.41) is 11.2. The summed E-state index contributed by atoms with van der Waals surface area (Å²) >= 11 is 1.79. The largest absolute Gasteiger partial charge is 0.456 e. The second-order valence-electron chi connectivity index (χ2n) is 15.1. The van der Waals surface area contributed by atoms with E-state index in [9.17, 15) is 0 Å². The molecule has 0 saturated carbocycles. The maximum atomic E-state index is 6.29. The Balaban J connectivity index is 1.01. The second-order valence-corrected chi connectivity index (χ2v) is 16.2. The summed E-state index contributed by atoms with van der Waals surface area (Å²) in [6.07, 6.45) is 0. The van der Waals surface area contributed by atoms with Gasteiger partial charge in [-0.15, -0.1) is 11.3 Å². The van der Waals surface area contributed by atoms with Crippen LogP contribution in [0.25, 0.3) is 131 Å². The lowest BCUT2D eigenvalue weighted by atomic mass is 9.94. The lowest BCUT2D eigenvalue weighted by Crippen LogP contribution is -2.00. The molecule has 0 fully saturated rings. The Hall–Kier alpha value is -7.67. The van der Waals surface area contributed by atoms with Crippen molar-refractivity contribution in [2.75, 3.05) is 0 Å². The van der Waals surface area contributed by atoms with Crippen LogP contribution in [0.4, 0.5) is 0 Å². The molecule has 0 aliphatic rings. The zero-order chi connectivity index (χ0) is 38.6. The van der Waals surface area contributed by atoms with E-state index < -0.39 is 0 Å². The zero-order valence-corrected chi connectivity index (χ0v) is 32.1. The molecule has 9 aromatic carbocycles. The van der Waals surface area contributed by atoms with Crippen LogP contribution in [-0.2, 0) is 0 Å². The first-order valence-corrected chi connectivity index (χ1v) is 20.5. The predicted molar refractivity (Wildman–Crippen MR) is 244 cm³/mol. The van der Waals surface area contributed by atoms with Crippen molar-refractivity contribution < 1.29 is 8.83 Å². The highest BCUT2D eigenvalue weighted by atomic mass is 32.1. The number of nitrogens with zero attached hydrogens (tertiary/aromatic N) is 3. The van der Waals surface area contributed by atoms with Crippen LogP contribution in [0.1, 0.15) is 0 Å². The number of rotatable bonds is 4. The van der Waals surface area contributed by atoms with Crippen molar-refractivity contribution in [1.29, 1.82) is 0 Å². The van der Waals surface area contributed by atoms with Crippen LogP contribution >= 0.6 is 11.3 Å². The van der Waals surface area contributed by atoms with E-state index in [4.69, 9.17) is 23.8 Å². The van der Waals surface area contributed by atoms with Crippen molar-refractivity contribution in [2.24, 2.45) is 0 Å². The number of fused-ring (bicyclic) bond motifs is 11. The molecule has 0 atom stereocenters. The molecule has 0 unspecified atom stereocenters. The third kappa shape index (κ3) is 5.00. The summed E-state index contributed by atoms with van der Waals surface area (Å²) in [4.78, 5) is 15.8. The maximum Gasteiger partial charge on any atom is 0.164 e. The number of thiophene rings is 1. The van der Waals surface area contributed by atoms with Crippen LogP contribution in [0.5, 0.6) is 0 Å². The molecule has 0 aliphatic heterocycles. The molecule has 13 rings (SSSR count). The zero-order valence-electron chi connectivity index (χ0n) is 31.3. The van der Waals surface area contributed by atoms with Gasteiger partial charge in [-0.3, -0.25) is 0 Å². The molecule has 4 aromatic heterocycles. The molecule has 0 radical (unpaired) electrons. The van der Waals surface area contributed by atoms with Gasteiger partial charge in [0.15, 0.2) is 17.5 Å². The summed E-state index contributed by atoms with van der Waals surface area (Å²) < 4.78 is 15.0. The molecule has 0 saturated heterocycles. The molecule has 5 nitrogen and oxygen atoms in total. The van der Waals surface area contributed by atoms with Crippen molar-refractivity contribution in [3.63, 3.8) is 0 Å². The van der Waals surface area contributed by atoms with Gasteiger partial charge in [-0.25, -0.2) is 15.0 Å². The molecule has 6 heteroatoms. The van der Waals surface area contributed by atoms with E-state index in [1.54, 1.807) is 11.3 Å². The Kier molecular flexibility index (Phi) is 6.82. The van der Waals surface area contributed by atoms with Gasteiger partial charge in [0.2, 0.25) is 0 Å². The number of aromatic nitrogens is 3. The third-order valence-corrected chi connectivity index (χ3v) is 12.8. The molecule has 59 heavy (non-hydrogen) atoms. The first-order chi connectivity index (χ1) is 29.2. The Morgan fingerprint density at radius 1 is 0.322 bits per heavy atom. The number of hydrogen-bond acceptors (Lipinski definition) is 6. The van der Waals surface area contributed by atoms with Crippen LogP contribution < -0.4 is 0 Å². The van der Waals surface area contributed by atoms with Crippen molar-refractivity contribution >= 4 is 96.9 Å². The lowest BCUT2D eigenvalue weighted by Gasteiger charge is -2.12. The van der Waals surface area contributed by atoms with Crippen molar-refractivity contribution in [3.8, 4) is 45.3 Å². The summed E-state index contributed by atoms with van der Waals surface area (Å²) in [5.74, 6) is 1.87. The van der Waals surface area contributed by atoms with Crippen molar-refractivity contribution in [1.82, 2.24) is 15.0 Å². The van der Waals surface area contributed by atoms with Crippen LogP contribution in [-0.4, -0.2) is 15.0 Å². The van der Waals surface area contributed by atoms with Crippen LogP contribution in [0.15, 0.2) is 185 Å². The minimum absolute atomic E-state index is 0.612. The Morgan fingerprint density at radius 2 is 0.949 bits per heavy atom. The van der Waals surface area contributed by atoms with Gasteiger partial charge < -0.3 is 8.83 Å². The molecule has 274 valence electrons. The Morgan fingerprint density at radius 3 is 1.83 bits per heavy atom. The minimum atomic E-state index is 0.612. The molecule has 0 aliphatic carbocycles. The van der Waals surface area contributed by atoms with Gasteiger partial charge in [-0.2, -0.15) is 0 Å². The first-order valence-electron chi connectivity index (χ1n) is 19.7.